The van der Waals surface area contributed by atoms with Gasteiger partial charge >= 0.3 is 0 Å². The number of carbonyl (C=O) groups is 1. The first-order chi connectivity index (χ1) is 16.1. The molecule has 1 heterocycles. The molecule has 1 aliphatic rings. The number of thioether (sulfide) groups is 1. The fraction of sp³-hybridized carbons (Fsp3) is 0.154. The minimum Gasteiger partial charge on any atom is -0.497 e. The number of nitrogens with zero attached hydrogens (tertiary/aromatic N) is 1. The Morgan fingerprint density at radius 3 is 2.48 bits per heavy atom. The van der Waals surface area contributed by atoms with Crippen LogP contribution >= 0.6 is 11.8 Å². The Morgan fingerprint density at radius 2 is 1.76 bits per heavy atom. The zero-order valence-electron chi connectivity index (χ0n) is 18.4. The molecule has 0 aliphatic carbocycles. The average molecular weight is 461 g/mol. The monoisotopic (exact) mass is 460 g/mol. The summed E-state index contributed by atoms with van der Waals surface area (Å²) in [6, 6.07) is 22.9. The highest BCUT2D eigenvalue weighted by Gasteiger charge is 2.24. The number of aliphatic imine (C=N–C) groups is 1. The van der Waals surface area contributed by atoms with Crippen LogP contribution in [-0.4, -0.2) is 24.8 Å². The maximum absolute atomic E-state index is 12.5. The Labute approximate surface area is 197 Å². The van der Waals surface area contributed by atoms with E-state index in [2.05, 4.69) is 10.3 Å². The highest BCUT2D eigenvalue weighted by Crippen LogP contribution is 2.33. The van der Waals surface area contributed by atoms with E-state index < -0.39 is 0 Å². The number of nitrogens with one attached hydrogen (secondary N) is 1. The molecule has 1 N–H and O–H groups in total. The third kappa shape index (κ3) is 5.96. The number of ether oxygens (including phenoxy) is 3. The maximum atomic E-state index is 12.5. The molecule has 0 unspecified atom stereocenters. The third-order valence-electron chi connectivity index (χ3n) is 4.76. The van der Waals surface area contributed by atoms with Gasteiger partial charge in [-0.1, -0.05) is 36.4 Å². The second kappa shape index (κ2) is 10.7. The third-order valence-corrected chi connectivity index (χ3v) is 5.67. The summed E-state index contributed by atoms with van der Waals surface area (Å²) >= 11 is 1.30. The Morgan fingerprint density at radius 1 is 0.970 bits per heavy atom. The number of rotatable bonds is 8. The van der Waals surface area contributed by atoms with E-state index in [1.807, 2.05) is 85.8 Å². The van der Waals surface area contributed by atoms with Crippen LogP contribution in [0.2, 0.25) is 0 Å². The molecule has 3 aromatic rings. The van der Waals surface area contributed by atoms with Crippen molar-refractivity contribution in [1.82, 2.24) is 5.32 Å². The van der Waals surface area contributed by atoms with Crippen LogP contribution in [0.3, 0.4) is 0 Å². The lowest BCUT2D eigenvalue weighted by Crippen LogP contribution is -2.19. The number of hydrogen-bond donors (Lipinski definition) is 1. The van der Waals surface area contributed by atoms with E-state index in [9.17, 15) is 4.79 Å². The van der Waals surface area contributed by atoms with E-state index in [4.69, 9.17) is 14.2 Å². The van der Waals surface area contributed by atoms with Crippen molar-refractivity contribution in [2.24, 2.45) is 4.99 Å². The summed E-state index contributed by atoms with van der Waals surface area (Å²) in [5.41, 5.74) is 2.65. The molecule has 33 heavy (non-hydrogen) atoms. The van der Waals surface area contributed by atoms with Crippen molar-refractivity contribution in [3.05, 3.63) is 88.8 Å². The van der Waals surface area contributed by atoms with Gasteiger partial charge in [0.1, 0.15) is 12.4 Å². The summed E-state index contributed by atoms with van der Waals surface area (Å²) in [6.45, 7) is 2.88. The van der Waals surface area contributed by atoms with Crippen molar-refractivity contribution in [3.63, 3.8) is 0 Å². The normalized spacial score (nSPS) is 15.5. The zero-order valence-corrected chi connectivity index (χ0v) is 19.2. The van der Waals surface area contributed by atoms with Gasteiger partial charge < -0.3 is 19.5 Å². The molecule has 0 saturated carbocycles. The Hall–Kier alpha value is -3.71. The summed E-state index contributed by atoms with van der Waals surface area (Å²) in [5.74, 6) is 1.87. The van der Waals surface area contributed by atoms with Crippen molar-refractivity contribution in [3.8, 4) is 17.2 Å². The second-order valence-corrected chi connectivity index (χ2v) is 8.12. The number of methoxy groups -OCH3 is 1. The van der Waals surface area contributed by atoms with Crippen molar-refractivity contribution >= 4 is 34.6 Å². The average Bonchev–Trinajstić information content (AvgIpc) is 3.18. The van der Waals surface area contributed by atoms with Crippen molar-refractivity contribution < 1.29 is 19.0 Å². The standard InChI is InChI=1S/C26H24N2O4S/c1-3-31-23-15-19(9-14-22(23)32-17-18-7-5-4-6-8-18)16-24-25(29)28-26(33-24)27-20-10-12-21(30-2)13-11-20/h4-16H,3,17H2,1-2H3,(H,27,28,29)/b24-16-. The molecule has 0 spiro atoms. The quantitative estimate of drug-likeness (QED) is 0.446. The number of carbonyl (C=O) groups excluding carboxylic acids is 1. The Balaban J connectivity index is 1.49. The smallest absolute Gasteiger partial charge is 0.264 e. The van der Waals surface area contributed by atoms with Gasteiger partial charge in [-0.2, -0.15) is 0 Å². The highest BCUT2D eigenvalue weighted by molar-refractivity contribution is 8.18. The molecule has 0 aromatic heterocycles. The van der Waals surface area contributed by atoms with Gasteiger partial charge in [0.15, 0.2) is 16.7 Å². The van der Waals surface area contributed by atoms with Gasteiger partial charge in [-0.05, 0) is 72.3 Å². The molecule has 7 heteroatoms. The molecular weight excluding hydrogens is 436 g/mol. The van der Waals surface area contributed by atoms with Crippen LogP contribution in [0.15, 0.2) is 82.7 Å². The van der Waals surface area contributed by atoms with Crippen molar-refractivity contribution in [2.75, 3.05) is 13.7 Å². The molecule has 4 rings (SSSR count). The molecular formula is C26H24N2O4S. The van der Waals surface area contributed by atoms with Gasteiger partial charge in [0.25, 0.3) is 5.91 Å². The van der Waals surface area contributed by atoms with E-state index in [1.54, 1.807) is 7.11 Å². The van der Waals surface area contributed by atoms with Crippen LogP contribution in [0.4, 0.5) is 5.69 Å². The van der Waals surface area contributed by atoms with Crippen LogP contribution in [0.1, 0.15) is 18.1 Å². The van der Waals surface area contributed by atoms with Gasteiger partial charge in [0, 0.05) is 0 Å². The molecule has 1 saturated heterocycles. The molecule has 1 aliphatic heterocycles. The molecule has 0 bridgehead atoms. The fourth-order valence-corrected chi connectivity index (χ4v) is 3.99. The summed E-state index contributed by atoms with van der Waals surface area (Å²) in [6.07, 6.45) is 1.82. The Bertz CT molecular complexity index is 1170. The molecule has 1 fully saturated rings. The summed E-state index contributed by atoms with van der Waals surface area (Å²) in [4.78, 5) is 17.5. The first kappa shape index (κ1) is 22.5. The van der Waals surface area contributed by atoms with E-state index >= 15 is 0 Å². The second-order valence-electron chi connectivity index (χ2n) is 7.09. The molecule has 6 nitrogen and oxygen atoms in total. The number of amides is 1. The van der Waals surface area contributed by atoms with Crippen LogP contribution in [0.25, 0.3) is 6.08 Å². The number of amidine groups is 1. The summed E-state index contributed by atoms with van der Waals surface area (Å²) < 4.78 is 16.9. The SMILES string of the molecule is CCOc1cc(/C=C2\SC(=Nc3ccc(OC)cc3)NC2=O)ccc1OCc1ccccc1. The largest absolute Gasteiger partial charge is 0.497 e. The number of benzene rings is 3. The molecule has 0 atom stereocenters. The Kier molecular flexibility index (Phi) is 7.32. The van der Waals surface area contributed by atoms with Gasteiger partial charge in [0.05, 0.1) is 24.3 Å². The van der Waals surface area contributed by atoms with Crippen LogP contribution in [0, 0.1) is 0 Å². The van der Waals surface area contributed by atoms with Gasteiger partial charge in [-0.25, -0.2) is 4.99 Å². The van der Waals surface area contributed by atoms with Gasteiger partial charge in [-0.15, -0.1) is 0 Å². The summed E-state index contributed by atoms with van der Waals surface area (Å²) in [5, 5.41) is 3.34. The molecule has 0 radical (unpaired) electrons. The molecule has 168 valence electrons. The van der Waals surface area contributed by atoms with Crippen LogP contribution in [0.5, 0.6) is 17.2 Å². The zero-order chi connectivity index (χ0) is 23.0. The first-order valence-corrected chi connectivity index (χ1v) is 11.3. The molecule has 3 aromatic carbocycles. The predicted octanol–water partition coefficient (Wildman–Crippen LogP) is 5.56. The maximum Gasteiger partial charge on any atom is 0.264 e. The first-order valence-electron chi connectivity index (χ1n) is 10.5. The van der Waals surface area contributed by atoms with Crippen molar-refractivity contribution in [1.29, 1.82) is 0 Å². The van der Waals surface area contributed by atoms with E-state index in [-0.39, 0.29) is 5.91 Å². The van der Waals surface area contributed by atoms with Gasteiger partial charge in [-0.3, -0.25) is 4.79 Å². The highest BCUT2D eigenvalue weighted by atomic mass is 32.2. The van der Waals surface area contributed by atoms with Crippen LogP contribution < -0.4 is 19.5 Å². The minimum absolute atomic E-state index is 0.186. The van der Waals surface area contributed by atoms with Gasteiger partial charge in [0.2, 0.25) is 0 Å². The van der Waals surface area contributed by atoms with E-state index in [0.29, 0.717) is 34.8 Å². The molecule has 1 amide bonds. The van der Waals surface area contributed by atoms with Crippen molar-refractivity contribution in [2.45, 2.75) is 13.5 Å². The predicted molar refractivity (Wildman–Crippen MR) is 132 cm³/mol. The lowest BCUT2D eigenvalue weighted by Gasteiger charge is -2.13. The minimum atomic E-state index is -0.186. The lowest BCUT2D eigenvalue weighted by atomic mass is 10.2. The lowest BCUT2D eigenvalue weighted by molar-refractivity contribution is -0.115. The van der Waals surface area contributed by atoms with E-state index in [1.165, 1.54) is 11.8 Å². The van der Waals surface area contributed by atoms with E-state index in [0.717, 1.165) is 22.6 Å². The number of hydrogen-bond acceptors (Lipinski definition) is 6. The fourth-order valence-electron chi connectivity index (χ4n) is 3.14. The summed E-state index contributed by atoms with van der Waals surface area (Å²) in [7, 11) is 1.62. The topological polar surface area (TPSA) is 69.2 Å². The van der Waals surface area contributed by atoms with Crippen LogP contribution in [-0.2, 0) is 11.4 Å².